The van der Waals surface area contributed by atoms with Gasteiger partial charge >= 0.3 is 0 Å². The van der Waals surface area contributed by atoms with Crippen molar-refractivity contribution < 1.29 is 9.84 Å². The summed E-state index contributed by atoms with van der Waals surface area (Å²) in [5.74, 6) is 0.686. The number of ether oxygens (including phenoxy) is 1. The summed E-state index contributed by atoms with van der Waals surface area (Å²) in [5.41, 5.74) is 4.43. The highest BCUT2D eigenvalue weighted by Gasteiger charge is 2.10. The number of thiocarbonyl (C=S) groups is 1. The van der Waals surface area contributed by atoms with Gasteiger partial charge in [0.25, 0.3) is 0 Å². The minimum atomic E-state index is 0.227. The number of hydrogen-bond donors (Lipinski definition) is 3. The van der Waals surface area contributed by atoms with Crippen molar-refractivity contribution in [2.45, 2.75) is 6.61 Å². The third-order valence-corrected chi connectivity index (χ3v) is 4.68. The zero-order valence-electron chi connectivity index (χ0n) is 13.7. The van der Waals surface area contributed by atoms with Crippen molar-refractivity contribution in [1.29, 1.82) is 0 Å². The highest BCUT2D eigenvalue weighted by molar-refractivity contribution is 7.80. The van der Waals surface area contributed by atoms with Crippen molar-refractivity contribution >= 4 is 58.3 Å². The second kappa shape index (κ2) is 10.4. The molecule has 0 aromatic heterocycles. The average molecular weight is 430 g/mol. The molecule has 4 nitrogen and oxygen atoms in total. The summed E-state index contributed by atoms with van der Waals surface area (Å²) in [5, 5.41) is 7.69. The fourth-order valence-electron chi connectivity index (χ4n) is 1.91. The van der Waals surface area contributed by atoms with E-state index in [4.69, 9.17) is 51.8 Å². The molecule has 0 bridgehead atoms. The van der Waals surface area contributed by atoms with Gasteiger partial charge in [0.1, 0.15) is 12.4 Å². The fraction of sp³-hybridized carbons (Fsp3) is 0.111. The quantitative estimate of drug-likeness (QED) is 0.208. The Kier molecular flexibility index (Phi) is 8.19. The predicted molar refractivity (Wildman–Crippen MR) is 112 cm³/mol. The summed E-state index contributed by atoms with van der Waals surface area (Å²) in [6, 6.07) is 10.8. The van der Waals surface area contributed by atoms with Crippen LogP contribution < -0.4 is 20.6 Å². The Morgan fingerprint density at radius 2 is 1.81 bits per heavy atom. The molecule has 0 unspecified atom stereocenters. The minimum absolute atomic E-state index is 0.227. The van der Waals surface area contributed by atoms with Crippen LogP contribution in [0, 0.1) is 0 Å². The molecule has 0 saturated carbocycles. The van der Waals surface area contributed by atoms with Crippen molar-refractivity contribution in [2.24, 2.45) is 0 Å². The summed E-state index contributed by atoms with van der Waals surface area (Å²) in [6.45, 7) is 4.43. The van der Waals surface area contributed by atoms with Crippen molar-refractivity contribution in [1.82, 2.24) is 10.7 Å². The molecular weight excluding hydrogens is 413 g/mol. The molecule has 0 atom stereocenters. The maximum atomic E-state index is 6.17. The Labute approximate surface area is 172 Å². The van der Waals surface area contributed by atoms with E-state index in [-0.39, 0.29) is 6.61 Å². The first kappa shape index (κ1) is 20.5. The van der Waals surface area contributed by atoms with E-state index in [0.29, 0.717) is 38.0 Å². The smallest absolute Gasteiger partial charge is 0.224 e. The molecule has 0 saturated heterocycles. The third-order valence-electron chi connectivity index (χ3n) is 3.23. The van der Waals surface area contributed by atoms with Gasteiger partial charge in [-0.25, -0.2) is 0 Å². The highest BCUT2D eigenvalue weighted by atomic mass is 35.5. The summed E-state index contributed by atoms with van der Waals surface area (Å²) in [7, 11) is 0. The molecule has 0 aliphatic rings. The van der Waals surface area contributed by atoms with Gasteiger partial charge in [-0.2, -0.15) is 0 Å². The van der Waals surface area contributed by atoms with E-state index in [9.17, 15) is 0 Å². The standard InChI is InChI=1S/C18H16Cl3N3OS/c1-2-9-22-18(26)24-23-10-12-3-5-13(6-4-12)25-11-14-15(19)7-8-16(20)17(14)21/h2-8,10H,1,9,11H2,(H2,22,24,26)/p+1. The van der Waals surface area contributed by atoms with Crippen LogP contribution in [0.4, 0.5) is 0 Å². The van der Waals surface area contributed by atoms with Crippen molar-refractivity contribution in [3.8, 4) is 5.75 Å². The van der Waals surface area contributed by atoms with Crippen molar-refractivity contribution in [3.63, 3.8) is 0 Å². The van der Waals surface area contributed by atoms with E-state index in [0.717, 1.165) is 5.56 Å². The highest BCUT2D eigenvalue weighted by Crippen LogP contribution is 2.32. The van der Waals surface area contributed by atoms with Gasteiger partial charge in [0.05, 0.1) is 10.0 Å². The lowest BCUT2D eigenvalue weighted by Gasteiger charge is -2.10. The number of hydrazone groups is 1. The first-order valence-corrected chi connectivity index (χ1v) is 9.14. The van der Waals surface area contributed by atoms with E-state index < -0.39 is 0 Å². The van der Waals surface area contributed by atoms with Crippen LogP contribution >= 0.6 is 47.0 Å². The molecule has 0 spiro atoms. The van der Waals surface area contributed by atoms with Crippen LogP contribution in [-0.2, 0) is 6.61 Å². The molecule has 8 heteroatoms. The van der Waals surface area contributed by atoms with Gasteiger partial charge in [0, 0.05) is 22.7 Å². The zero-order valence-corrected chi connectivity index (χ0v) is 16.8. The van der Waals surface area contributed by atoms with Crippen LogP contribution in [0.25, 0.3) is 0 Å². The lowest BCUT2D eigenvalue weighted by Crippen LogP contribution is -2.82. The Morgan fingerprint density at radius 3 is 2.50 bits per heavy atom. The first-order valence-electron chi connectivity index (χ1n) is 7.60. The Balaban J connectivity index is 1.91. The largest absolute Gasteiger partial charge is 0.489 e. The monoisotopic (exact) mass is 428 g/mol. The van der Waals surface area contributed by atoms with E-state index in [1.807, 2.05) is 24.3 Å². The van der Waals surface area contributed by atoms with Crippen LogP contribution in [0.1, 0.15) is 11.1 Å². The van der Waals surface area contributed by atoms with Gasteiger partial charge < -0.3 is 10.1 Å². The lowest BCUT2D eigenvalue weighted by atomic mass is 10.2. The summed E-state index contributed by atoms with van der Waals surface area (Å²) >= 11 is 23.4. The molecule has 0 heterocycles. The van der Waals surface area contributed by atoms with Gasteiger partial charge in [0.2, 0.25) is 5.11 Å². The van der Waals surface area contributed by atoms with Crippen LogP contribution in [0.3, 0.4) is 0 Å². The average Bonchev–Trinajstić information content (AvgIpc) is 2.64. The third kappa shape index (κ3) is 6.18. The molecule has 2 aromatic carbocycles. The summed E-state index contributed by atoms with van der Waals surface area (Å²) in [4.78, 5) is 0. The molecule has 0 amide bonds. The van der Waals surface area contributed by atoms with E-state index >= 15 is 0 Å². The summed E-state index contributed by atoms with van der Waals surface area (Å²) in [6.07, 6.45) is 3.50. The molecule has 0 aliphatic heterocycles. The van der Waals surface area contributed by atoms with Crippen LogP contribution in [0.15, 0.2) is 49.1 Å². The molecule has 0 aliphatic carbocycles. The molecule has 26 heavy (non-hydrogen) atoms. The second-order valence-electron chi connectivity index (χ2n) is 5.09. The zero-order chi connectivity index (χ0) is 18.9. The Bertz CT molecular complexity index is 810. The normalized spacial score (nSPS) is 10.6. The van der Waals surface area contributed by atoms with Gasteiger partial charge in [-0.3, -0.25) is 0 Å². The number of hydrogen-bond acceptors (Lipinski definition) is 2. The molecule has 2 rings (SSSR count). The van der Waals surface area contributed by atoms with E-state index in [2.05, 4.69) is 22.4 Å². The molecular formula is C18H17Cl3N3OS+. The number of rotatable bonds is 7. The number of benzene rings is 2. The predicted octanol–water partition coefficient (Wildman–Crippen LogP) is 3.29. The van der Waals surface area contributed by atoms with E-state index in [1.165, 1.54) is 0 Å². The maximum absolute atomic E-state index is 6.17. The molecule has 136 valence electrons. The molecule has 2 aromatic rings. The Hall–Kier alpha value is -1.79. The summed E-state index contributed by atoms with van der Waals surface area (Å²) < 4.78 is 5.73. The van der Waals surface area contributed by atoms with Gasteiger partial charge in [0.15, 0.2) is 6.21 Å². The number of nitrogens with one attached hydrogen (secondary N) is 3. The lowest BCUT2D eigenvalue weighted by molar-refractivity contribution is -0.500. The van der Waals surface area contributed by atoms with Crippen LogP contribution in [0.2, 0.25) is 15.1 Å². The Morgan fingerprint density at radius 1 is 1.12 bits per heavy atom. The van der Waals surface area contributed by atoms with Gasteiger partial charge in [-0.1, -0.05) is 40.9 Å². The van der Waals surface area contributed by atoms with Crippen LogP contribution in [0.5, 0.6) is 5.75 Å². The fourth-order valence-corrected chi connectivity index (χ4v) is 2.71. The van der Waals surface area contributed by atoms with Gasteiger partial charge in [-0.05, 0) is 48.6 Å². The molecule has 0 fully saturated rings. The van der Waals surface area contributed by atoms with E-state index in [1.54, 1.807) is 24.4 Å². The number of halogens is 3. The topological polar surface area (TPSA) is 47.3 Å². The first-order chi connectivity index (χ1) is 12.5. The number of hydrazine groups is 1. The molecule has 0 radical (unpaired) electrons. The van der Waals surface area contributed by atoms with Crippen molar-refractivity contribution in [3.05, 3.63) is 75.2 Å². The SMILES string of the molecule is C=CCNC(=S)N[NH+]=Cc1ccc(OCc2c(Cl)ccc(Cl)c2Cl)cc1. The molecule has 3 N–H and O–H groups in total. The maximum Gasteiger partial charge on any atom is 0.224 e. The minimum Gasteiger partial charge on any atom is -0.489 e. The van der Waals surface area contributed by atoms with Crippen molar-refractivity contribution in [2.75, 3.05) is 6.54 Å². The second-order valence-corrected chi connectivity index (χ2v) is 6.69. The van der Waals surface area contributed by atoms with Gasteiger partial charge in [-0.15, -0.1) is 17.1 Å². The van der Waals surface area contributed by atoms with Crippen LogP contribution in [-0.4, -0.2) is 17.9 Å².